The summed E-state index contributed by atoms with van der Waals surface area (Å²) in [7, 11) is 0. The lowest BCUT2D eigenvalue weighted by atomic mass is 10.0. The van der Waals surface area contributed by atoms with E-state index in [1.807, 2.05) is 18.4 Å². The molecular weight excluding hydrogens is 433 g/mol. The van der Waals surface area contributed by atoms with Crippen molar-refractivity contribution >= 4 is 11.5 Å². The van der Waals surface area contributed by atoms with Crippen molar-refractivity contribution in [3.63, 3.8) is 0 Å². The predicted octanol–water partition coefficient (Wildman–Crippen LogP) is 3.24. The molecule has 0 unspecified atom stereocenters. The SMILES string of the molecule is Cc1nnc(C)n1-c1ccc2c(n1)CC=C2c1nc(N[C@H]2CCCNC2)ncc1C(F)(F)F. The molecule has 2 aliphatic rings. The van der Waals surface area contributed by atoms with Gasteiger partial charge in [0.05, 0.1) is 11.4 Å². The van der Waals surface area contributed by atoms with Gasteiger partial charge in [-0.1, -0.05) is 6.08 Å². The number of anilines is 1. The van der Waals surface area contributed by atoms with Gasteiger partial charge < -0.3 is 10.6 Å². The van der Waals surface area contributed by atoms with Crippen LogP contribution in [0.5, 0.6) is 0 Å². The number of piperidine rings is 1. The number of fused-ring (bicyclic) bond motifs is 1. The van der Waals surface area contributed by atoms with Crippen molar-refractivity contribution in [1.29, 1.82) is 0 Å². The Labute approximate surface area is 188 Å². The molecule has 1 fully saturated rings. The lowest BCUT2D eigenvalue weighted by Gasteiger charge is -2.24. The van der Waals surface area contributed by atoms with Crippen LogP contribution in [-0.2, 0) is 12.6 Å². The van der Waals surface area contributed by atoms with Gasteiger partial charge in [-0.25, -0.2) is 15.0 Å². The largest absolute Gasteiger partial charge is 0.419 e. The number of aromatic nitrogens is 6. The molecule has 2 N–H and O–H groups in total. The van der Waals surface area contributed by atoms with Crippen LogP contribution >= 0.6 is 0 Å². The number of alkyl halides is 3. The van der Waals surface area contributed by atoms with E-state index < -0.39 is 11.7 Å². The van der Waals surface area contributed by atoms with Crippen molar-refractivity contribution in [3.8, 4) is 5.82 Å². The highest BCUT2D eigenvalue weighted by Crippen LogP contribution is 2.39. The number of hydrogen-bond acceptors (Lipinski definition) is 7. The summed E-state index contributed by atoms with van der Waals surface area (Å²) in [6.07, 6.45) is 0.349. The number of rotatable bonds is 4. The Hall–Kier alpha value is -3.34. The van der Waals surface area contributed by atoms with Crippen LogP contribution in [0.1, 0.15) is 47.0 Å². The molecule has 5 rings (SSSR count). The number of allylic oxidation sites excluding steroid dienone is 1. The third kappa shape index (κ3) is 4.08. The third-order valence-corrected chi connectivity index (χ3v) is 5.94. The topological polar surface area (TPSA) is 93.4 Å². The van der Waals surface area contributed by atoms with Gasteiger partial charge in [-0.2, -0.15) is 13.2 Å². The standard InChI is InChI=1S/C22H23F3N8/c1-12-31-32-13(2)33(12)19-8-6-15-16(5-7-18(15)29-19)20-17(22(23,24)25)11-27-21(30-20)28-14-4-3-9-26-10-14/h5-6,8,11,14,26H,3-4,7,9-10H2,1-2H3,(H,27,28,30)/t14-/m0/s1. The summed E-state index contributed by atoms with van der Waals surface area (Å²) in [5.41, 5.74) is 0.752. The number of hydrogen-bond donors (Lipinski definition) is 2. The van der Waals surface area contributed by atoms with Crippen LogP contribution in [0.3, 0.4) is 0 Å². The van der Waals surface area contributed by atoms with Crippen molar-refractivity contribution in [3.05, 3.63) is 58.6 Å². The number of nitrogens with one attached hydrogen (secondary N) is 2. The molecule has 3 aromatic rings. The highest BCUT2D eigenvalue weighted by atomic mass is 19.4. The Morgan fingerprint density at radius 2 is 1.91 bits per heavy atom. The fraction of sp³-hybridized carbons (Fsp3) is 0.409. The predicted molar refractivity (Wildman–Crippen MR) is 116 cm³/mol. The second-order valence-corrected chi connectivity index (χ2v) is 8.26. The van der Waals surface area contributed by atoms with Crippen LogP contribution in [0, 0.1) is 13.8 Å². The molecule has 1 aliphatic carbocycles. The van der Waals surface area contributed by atoms with Gasteiger partial charge in [0.2, 0.25) is 5.95 Å². The van der Waals surface area contributed by atoms with Gasteiger partial charge >= 0.3 is 6.18 Å². The first-order chi connectivity index (χ1) is 15.8. The van der Waals surface area contributed by atoms with E-state index in [1.165, 1.54) is 0 Å². The smallest absolute Gasteiger partial charge is 0.350 e. The second-order valence-electron chi connectivity index (χ2n) is 8.26. The first kappa shape index (κ1) is 21.5. The van der Waals surface area contributed by atoms with Crippen LogP contribution in [0.15, 0.2) is 24.4 Å². The maximum atomic E-state index is 13.8. The number of halogens is 3. The molecule has 0 amide bonds. The summed E-state index contributed by atoms with van der Waals surface area (Å²) in [6.45, 7) is 5.31. The van der Waals surface area contributed by atoms with E-state index in [1.54, 1.807) is 18.2 Å². The van der Waals surface area contributed by atoms with Crippen LogP contribution < -0.4 is 10.6 Å². The van der Waals surface area contributed by atoms with Crippen LogP contribution in [0.25, 0.3) is 11.4 Å². The van der Waals surface area contributed by atoms with Gasteiger partial charge in [0.15, 0.2) is 0 Å². The van der Waals surface area contributed by atoms with Crippen molar-refractivity contribution in [1.82, 2.24) is 35.0 Å². The quantitative estimate of drug-likeness (QED) is 0.623. The average Bonchev–Trinajstić information content (AvgIpc) is 3.35. The number of pyridine rings is 1. The van der Waals surface area contributed by atoms with Crippen molar-refractivity contribution < 1.29 is 13.2 Å². The van der Waals surface area contributed by atoms with E-state index in [4.69, 9.17) is 0 Å². The van der Waals surface area contributed by atoms with Crippen LogP contribution in [-0.4, -0.2) is 48.8 Å². The first-order valence-electron chi connectivity index (χ1n) is 10.8. The van der Waals surface area contributed by atoms with E-state index in [0.717, 1.165) is 32.1 Å². The summed E-state index contributed by atoms with van der Waals surface area (Å²) in [4.78, 5) is 13.0. The molecule has 8 nitrogen and oxygen atoms in total. The first-order valence-corrected chi connectivity index (χ1v) is 10.8. The van der Waals surface area contributed by atoms with E-state index in [0.29, 0.717) is 40.7 Å². The Morgan fingerprint density at radius 1 is 1.12 bits per heavy atom. The van der Waals surface area contributed by atoms with Crippen LogP contribution in [0.4, 0.5) is 19.1 Å². The van der Waals surface area contributed by atoms with Crippen molar-refractivity contribution in [2.75, 3.05) is 18.4 Å². The summed E-state index contributed by atoms with van der Waals surface area (Å²) >= 11 is 0. The lowest BCUT2D eigenvalue weighted by Crippen LogP contribution is -2.38. The molecule has 1 atom stereocenters. The molecule has 0 spiro atoms. The maximum absolute atomic E-state index is 13.8. The summed E-state index contributed by atoms with van der Waals surface area (Å²) < 4.78 is 43.3. The average molecular weight is 456 g/mol. The highest BCUT2D eigenvalue weighted by Gasteiger charge is 2.37. The summed E-state index contributed by atoms with van der Waals surface area (Å²) in [5, 5.41) is 14.5. The summed E-state index contributed by atoms with van der Waals surface area (Å²) in [5.74, 6) is 2.21. The van der Waals surface area contributed by atoms with Crippen molar-refractivity contribution in [2.24, 2.45) is 0 Å². The molecule has 1 aliphatic heterocycles. The third-order valence-electron chi connectivity index (χ3n) is 5.94. The second kappa shape index (κ2) is 8.22. The molecule has 33 heavy (non-hydrogen) atoms. The Bertz CT molecular complexity index is 1210. The monoisotopic (exact) mass is 456 g/mol. The zero-order valence-electron chi connectivity index (χ0n) is 18.2. The summed E-state index contributed by atoms with van der Waals surface area (Å²) in [6, 6.07) is 3.63. The van der Waals surface area contributed by atoms with Gasteiger partial charge in [-0.3, -0.25) is 4.57 Å². The normalized spacial score (nSPS) is 18.2. The maximum Gasteiger partial charge on any atom is 0.419 e. The molecule has 3 aromatic heterocycles. The molecule has 4 heterocycles. The van der Waals surface area contributed by atoms with E-state index in [-0.39, 0.29) is 17.7 Å². The lowest BCUT2D eigenvalue weighted by molar-refractivity contribution is -0.138. The minimum Gasteiger partial charge on any atom is -0.350 e. The molecule has 0 bridgehead atoms. The fourth-order valence-electron chi connectivity index (χ4n) is 4.37. The Balaban J connectivity index is 1.52. The Kier molecular flexibility index (Phi) is 5.35. The fourth-order valence-corrected chi connectivity index (χ4v) is 4.37. The zero-order valence-corrected chi connectivity index (χ0v) is 18.2. The van der Waals surface area contributed by atoms with Gasteiger partial charge in [-0.05, 0) is 45.4 Å². The molecule has 0 radical (unpaired) electrons. The molecule has 0 saturated carbocycles. The molecule has 0 aromatic carbocycles. The number of aryl methyl sites for hydroxylation is 2. The highest BCUT2D eigenvalue weighted by molar-refractivity contribution is 5.84. The minimum absolute atomic E-state index is 0.0766. The van der Waals surface area contributed by atoms with Gasteiger partial charge in [0, 0.05) is 36.3 Å². The van der Waals surface area contributed by atoms with Gasteiger partial charge in [-0.15, -0.1) is 10.2 Å². The molecule has 1 saturated heterocycles. The van der Waals surface area contributed by atoms with Crippen molar-refractivity contribution in [2.45, 2.75) is 45.3 Å². The molecular formula is C22H23F3N8. The minimum atomic E-state index is -4.58. The molecule has 172 valence electrons. The Morgan fingerprint density at radius 3 is 2.61 bits per heavy atom. The molecule has 11 heteroatoms. The van der Waals surface area contributed by atoms with Crippen LogP contribution in [0.2, 0.25) is 0 Å². The zero-order chi connectivity index (χ0) is 23.2. The number of nitrogens with zero attached hydrogens (tertiary/aromatic N) is 6. The van der Waals surface area contributed by atoms with E-state index >= 15 is 0 Å². The van der Waals surface area contributed by atoms with Gasteiger partial charge in [0.1, 0.15) is 23.0 Å². The van der Waals surface area contributed by atoms with E-state index in [2.05, 4.69) is 35.8 Å². The van der Waals surface area contributed by atoms with E-state index in [9.17, 15) is 13.2 Å². The van der Waals surface area contributed by atoms with Gasteiger partial charge in [0.25, 0.3) is 0 Å².